The van der Waals surface area contributed by atoms with Crippen LogP contribution in [0, 0.1) is 0 Å². The van der Waals surface area contributed by atoms with Crippen LogP contribution in [0.1, 0.15) is 27.5 Å². The summed E-state index contributed by atoms with van der Waals surface area (Å²) in [5.74, 6) is -0.336. The van der Waals surface area contributed by atoms with Gasteiger partial charge in [0.25, 0.3) is 0 Å². The van der Waals surface area contributed by atoms with Crippen LogP contribution in [-0.4, -0.2) is 13.1 Å². The summed E-state index contributed by atoms with van der Waals surface area (Å²) in [5.41, 5.74) is 3.87. The molecule has 3 aromatic carbocycles. The van der Waals surface area contributed by atoms with Gasteiger partial charge in [-0.3, -0.25) is 0 Å². The van der Waals surface area contributed by atoms with Crippen molar-refractivity contribution in [3.63, 3.8) is 0 Å². The van der Waals surface area contributed by atoms with E-state index in [0.717, 1.165) is 17.1 Å². The van der Waals surface area contributed by atoms with E-state index in [9.17, 15) is 4.79 Å². The van der Waals surface area contributed by atoms with Gasteiger partial charge in [0.05, 0.1) is 18.7 Å². The van der Waals surface area contributed by atoms with Crippen LogP contribution in [0.2, 0.25) is 5.02 Å². The van der Waals surface area contributed by atoms with E-state index in [-0.39, 0.29) is 12.0 Å². The van der Waals surface area contributed by atoms with E-state index in [4.69, 9.17) is 16.3 Å². The molecule has 132 valence electrons. The lowest BCUT2D eigenvalue weighted by molar-refractivity contribution is 0.0601. The number of hydrogen-bond donors (Lipinski definition) is 1. The summed E-state index contributed by atoms with van der Waals surface area (Å²) in [6.07, 6.45) is 0.819. The Morgan fingerprint density at radius 2 is 1.62 bits per heavy atom. The van der Waals surface area contributed by atoms with Crippen LogP contribution in [0.15, 0.2) is 78.9 Å². The Kier molecular flexibility index (Phi) is 5.92. The van der Waals surface area contributed by atoms with Crippen molar-refractivity contribution in [1.82, 2.24) is 0 Å². The average molecular weight is 366 g/mol. The molecule has 0 aromatic heterocycles. The number of carbonyl (C=O) groups is 1. The molecule has 0 saturated carbocycles. The highest BCUT2D eigenvalue weighted by Gasteiger charge is 2.13. The maximum absolute atomic E-state index is 11.6. The van der Waals surface area contributed by atoms with Crippen molar-refractivity contribution < 1.29 is 9.53 Å². The normalized spacial score (nSPS) is 11.6. The van der Waals surface area contributed by atoms with Crippen molar-refractivity contribution in [1.29, 1.82) is 0 Å². The molecule has 3 rings (SSSR count). The Labute approximate surface area is 158 Å². The Morgan fingerprint density at radius 1 is 0.962 bits per heavy atom. The first-order valence-corrected chi connectivity index (χ1v) is 8.78. The van der Waals surface area contributed by atoms with Crippen molar-refractivity contribution in [2.45, 2.75) is 12.5 Å². The molecule has 0 saturated heterocycles. The molecule has 0 fully saturated rings. The third-order valence-electron chi connectivity index (χ3n) is 4.20. The quantitative estimate of drug-likeness (QED) is 0.584. The highest BCUT2D eigenvalue weighted by atomic mass is 35.5. The molecule has 4 heteroatoms. The van der Waals surface area contributed by atoms with E-state index in [2.05, 4.69) is 17.4 Å². The van der Waals surface area contributed by atoms with Crippen molar-refractivity contribution in [2.24, 2.45) is 0 Å². The first kappa shape index (κ1) is 18.0. The number of rotatable bonds is 6. The van der Waals surface area contributed by atoms with Gasteiger partial charge in [0, 0.05) is 10.7 Å². The third-order valence-corrected chi connectivity index (χ3v) is 4.45. The van der Waals surface area contributed by atoms with Gasteiger partial charge in [0.1, 0.15) is 0 Å². The Hall–Kier alpha value is -2.78. The minimum Gasteiger partial charge on any atom is -0.465 e. The number of esters is 1. The van der Waals surface area contributed by atoms with Crippen LogP contribution >= 0.6 is 11.6 Å². The molecule has 1 atom stereocenters. The summed E-state index contributed by atoms with van der Waals surface area (Å²) >= 11 is 5.99. The summed E-state index contributed by atoms with van der Waals surface area (Å²) in [5, 5.41) is 4.29. The van der Waals surface area contributed by atoms with Gasteiger partial charge in [-0.1, -0.05) is 54.1 Å². The molecule has 0 spiro atoms. The van der Waals surface area contributed by atoms with Gasteiger partial charge in [-0.25, -0.2) is 4.79 Å². The van der Waals surface area contributed by atoms with Crippen molar-refractivity contribution in [2.75, 3.05) is 12.4 Å². The minimum absolute atomic E-state index is 0.0985. The van der Waals surface area contributed by atoms with Crippen LogP contribution < -0.4 is 5.32 Å². The molecule has 1 N–H and O–H groups in total. The van der Waals surface area contributed by atoms with Crippen LogP contribution in [0.5, 0.6) is 0 Å². The van der Waals surface area contributed by atoms with Crippen molar-refractivity contribution in [3.05, 3.63) is 101 Å². The molecule has 0 aliphatic carbocycles. The maximum Gasteiger partial charge on any atom is 0.337 e. The summed E-state index contributed by atoms with van der Waals surface area (Å²) in [4.78, 5) is 11.6. The Bertz CT molecular complexity index is 846. The summed E-state index contributed by atoms with van der Waals surface area (Å²) in [6.45, 7) is 0. The first-order chi connectivity index (χ1) is 12.7. The molecule has 0 aliphatic rings. The second-order valence-electron chi connectivity index (χ2n) is 6.01. The number of benzene rings is 3. The molecule has 0 bridgehead atoms. The lowest BCUT2D eigenvalue weighted by Crippen LogP contribution is -2.14. The highest BCUT2D eigenvalue weighted by Crippen LogP contribution is 2.24. The molecule has 3 aromatic rings. The largest absolute Gasteiger partial charge is 0.465 e. The minimum atomic E-state index is -0.336. The van der Waals surface area contributed by atoms with E-state index in [0.29, 0.717) is 5.56 Å². The zero-order valence-electron chi connectivity index (χ0n) is 14.5. The van der Waals surface area contributed by atoms with E-state index < -0.39 is 0 Å². The fraction of sp³-hybridized carbons (Fsp3) is 0.136. The fourth-order valence-electron chi connectivity index (χ4n) is 2.82. The number of ether oxygens (including phenoxy) is 1. The van der Waals surface area contributed by atoms with E-state index >= 15 is 0 Å². The number of hydrogen-bond acceptors (Lipinski definition) is 3. The highest BCUT2D eigenvalue weighted by molar-refractivity contribution is 6.30. The summed E-state index contributed by atoms with van der Waals surface area (Å²) in [7, 11) is 1.38. The van der Waals surface area contributed by atoms with Gasteiger partial charge in [0.15, 0.2) is 0 Å². The molecule has 0 radical (unpaired) electrons. The van der Waals surface area contributed by atoms with E-state index in [1.165, 1.54) is 18.2 Å². The SMILES string of the molecule is COC(=O)c1ccc(N[C@H](Cc2ccc(Cl)cc2)c2ccccc2)cc1. The van der Waals surface area contributed by atoms with Gasteiger partial charge in [-0.2, -0.15) is 0 Å². The second kappa shape index (κ2) is 8.54. The number of anilines is 1. The molecule has 3 nitrogen and oxygen atoms in total. The van der Waals surface area contributed by atoms with Gasteiger partial charge in [-0.05, 0) is 53.9 Å². The zero-order chi connectivity index (χ0) is 18.4. The average Bonchev–Trinajstić information content (AvgIpc) is 2.70. The van der Waals surface area contributed by atoms with Crippen molar-refractivity contribution >= 4 is 23.3 Å². The smallest absolute Gasteiger partial charge is 0.337 e. The first-order valence-electron chi connectivity index (χ1n) is 8.40. The number of halogens is 1. The Morgan fingerprint density at radius 3 is 2.23 bits per heavy atom. The molecule has 0 aliphatic heterocycles. The van der Waals surface area contributed by atoms with Crippen LogP contribution in [-0.2, 0) is 11.2 Å². The van der Waals surface area contributed by atoms with Crippen molar-refractivity contribution in [3.8, 4) is 0 Å². The zero-order valence-corrected chi connectivity index (χ0v) is 15.2. The summed E-state index contributed by atoms with van der Waals surface area (Å²) in [6, 6.07) is 25.6. The van der Waals surface area contributed by atoms with Gasteiger partial charge >= 0.3 is 5.97 Å². The maximum atomic E-state index is 11.6. The van der Waals surface area contributed by atoms with Crippen LogP contribution in [0.25, 0.3) is 0 Å². The number of methoxy groups -OCH3 is 1. The molecular formula is C22H20ClNO2. The standard InChI is InChI=1S/C22H20ClNO2/c1-26-22(25)18-9-13-20(14-10-18)24-21(17-5-3-2-4-6-17)15-16-7-11-19(23)12-8-16/h2-14,21,24H,15H2,1H3/t21-/m1/s1. The number of nitrogens with one attached hydrogen (secondary N) is 1. The Balaban J connectivity index is 1.81. The predicted molar refractivity (Wildman–Crippen MR) is 106 cm³/mol. The van der Waals surface area contributed by atoms with Crippen LogP contribution in [0.3, 0.4) is 0 Å². The molecule has 0 amide bonds. The van der Waals surface area contributed by atoms with E-state index in [1.807, 2.05) is 54.6 Å². The topological polar surface area (TPSA) is 38.3 Å². The molecule has 0 heterocycles. The second-order valence-corrected chi connectivity index (χ2v) is 6.44. The monoisotopic (exact) mass is 365 g/mol. The van der Waals surface area contributed by atoms with Gasteiger partial charge < -0.3 is 10.1 Å². The summed E-state index contributed by atoms with van der Waals surface area (Å²) < 4.78 is 4.75. The molecule has 26 heavy (non-hydrogen) atoms. The lowest BCUT2D eigenvalue weighted by atomic mass is 9.98. The molecular weight excluding hydrogens is 346 g/mol. The molecule has 0 unspecified atom stereocenters. The number of carbonyl (C=O) groups excluding carboxylic acids is 1. The van der Waals surface area contributed by atoms with Gasteiger partial charge in [0.2, 0.25) is 0 Å². The van der Waals surface area contributed by atoms with Gasteiger partial charge in [-0.15, -0.1) is 0 Å². The van der Waals surface area contributed by atoms with E-state index in [1.54, 1.807) is 12.1 Å². The predicted octanol–water partition coefficient (Wildman–Crippen LogP) is 5.52. The fourth-order valence-corrected chi connectivity index (χ4v) is 2.94. The third kappa shape index (κ3) is 4.64. The van der Waals surface area contributed by atoms with Crippen LogP contribution in [0.4, 0.5) is 5.69 Å². The lowest BCUT2D eigenvalue weighted by Gasteiger charge is -2.21.